The first-order valence-corrected chi connectivity index (χ1v) is 3.89. The van der Waals surface area contributed by atoms with Crippen LogP contribution in [-0.2, 0) is 4.79 Å². The van der Waals surface area contributed by atoms with Crippen LogP contribution in [0.15, 0.2) is 0 Å². The third-order valence-corrected chi connectivity index (χ3v) is 3.22. The van der Waals surface area contributed by atoms with Gasteiger partial charge in [-0.15, -0.1) is 11.6 Å². The van der Waals surface area contributed by atoms with E-state index in [0.29, 0.717) is 11.7 Å². The van der Waals surface area contributed by atoms with Crippen LogP contribution in [-0.4, -0.2) is 11.2 Å². The zero-order valence-electron chi connectivity index (χ0n) is 5.14. The molecule has 2 bridgehead atoms. The van der Waals surface area contributed by atoms with E-state index in [1.165, 1.54) is 6.42 Å². The molecule has 1 nitrogen and oxygen atoms in total. The second-order valence-electron chi connectivity index (χ2n) is 3.06. The van der Waals surface area contributed by atoms with E-state index in [-0.39, 0.29) is 11.3 Å². The number of carbonyl (C=O) groups is 1. The standard InChI is InChI=1S/C7H9ClO/c8-7-4-1-2-5(7)6(9)3-4/h4-5,7H,1-3H2/t4-,5+,7+/m1/s1. The van der Waals surface area contributed by atoms with Gasteiger partial charge in [-0.1, -0.05) is 0 Å². The van der Waals surface area contributed by atoms with Crippen molar-refractivity contribution in [1.29, 1.82) is 0 Å². The molecule has 0 unspecified atom stereocenters. The van der Waals surface area contributed by atoms with Crippen LogP contribution in [0.1, 0.15) is 19.3 Å². The molecule has 2 heteroatoms. The van der Waals surface area contributed by atoms with Crippen molar-refractivity contribution in [2.75, 3.05) is 0 Å². The number of halogens is 1. The number of ketones is 1. The van der Waals surface area contributed by atoms with Gasteiger partial charge in [-0.2, -0.15) is 0 Å². The summed E-state index contributed by atoms with van der Waals surface area (Å²) < 4.78 is 0. The van der Waals surface area contributed by atoms with Crippen molar-refractivity contribution in [3.63, 3.8) is 0 Å². The van der Waals surface area contributed by atoms with Crippen LogP contribution in [0.25, 0.3) is 0 Å². The molecule has 2 aliphatic rings. The maximum Gasteiger partial charge on any atom is 0.137 e. The van der Waals surface area contributed by atoms with E-state index in [9.17, 15) is 4.79 Å². The summed E-state index contributed by atoms with van der Waals surface area (Å²) in [7, 11) is 0. The Morgan fingerprint density at radius 2 is 2.22 bits per heavy atom. The van der Waals surface area contributed by atoms with Gasteiger partial charge in [0.25, 0.3) is 0 Å². The number of Topliss-reactive ketones (excluding diaryl/α,β-unsaturated/α-hetero) is 1. The van der Waals surface area contributed by atoms with Crippen molar-refractivity contribution < 1.29 is 4.79 Å². The second kappa shape index (κ2) is 1.72. The highest BCUT2D eigenvalue weighted by Gasteiger charge is 2.46. The lowest BCUT2D eigenvalue weighted by atomic mass is 10.00. The highest BCUT2D eigenvalue weighted by atomic mass is 35.5. The number of fused-ring (bicyclic) bond motifs is 2. The van der Waals surface area contributed by atoms with Gasteiger partial charge >= 0.3 is 0 Å². The van der Waals surface area contributed by atoms with Gasteiger partial charge in [0.05, 0.1) is 0 Å². The zero-order chi connectivity index (χ0) is 6.43. The van der Waals surface area contributed by atoms with Gasteiger partial charge in [0.1, 0.15) is 5.78 Å². The highest BCUT2D eigenvalue weighted by Crippen LogP contribution is 2.45. The molecule has 0 spiro atoms. The smallest absolute Gasteiger partial charge is 0.137 e. The van der Waals surface area contributed by atoms with Gasteiger partial charge < -0.3 is 0 Å². The van der Waals surface area contributed by atoms with E-state index in [0.717, 1.165) is 12.8 Å². The van der Waals surface area contributed by atoms with Gasteiger partial charge in [0, 0.05) is 17.7 Å². The summed E-state index contributed by atoms with van der Waals surface area (Å²) in [6.45, 7) is 0. The van der Waals surface area contributed by atoms with Crippen LogP contribution >= 0.6 is 11.6 Å². The van der Waals surface area contributed by atoms with E-state index in [1.807, 2.05) is 0 Å². The van der Waals surface area contributed by atoms with E-state index in [4.69, 9.17) is 11.6 Å². The summed E-state index contributed by atoms with van der Waals surface area (Å²) in [5.74, 6) is 1.17. The molecule has 0 aromatic heterocycles. The van der Waals surface area contributed by atoms with Crippen molar-refractivity contribution in [2.24, 2.45) is 11.8 Å². The first-order valence-electron chi connectivity index (χ1n) is 3.46. The van der Waals surface area contributed by atoms with Crippen molar-refractivity contribution in [3.05, 3.63) is 0 Å². The Morgan fingerprint density at radius 1 is 1.44 bits per heavy atom. The normalized spacial score (nSPS) is 48.6. The zero-order valence-corrected chi connectivity index (χ0v) is 5.90. The van der Waals surface area contributed by atoms with Crippen LogP contribution in [0.3, 0.4) is 0 Å². The molecule has 3 atom stereocenters. The van der Waals surface area contributed by atoms with Crippen molar-refractivity contribution in [1.82, 2.24) is 0 Å². The lowest BCUT2D eigenvalue weighted by Gasteiger charge is -2.04. The molecule has 2 saturated carbocycles. The van der Waals surface area contributed by atoms with Gasteiger partial charge in [0.15, 0.2) is 0 Å². The first-order chi connectivity index (χ1) is 4.29. The molecule has 0 radical (unpaired) electrons. The van der Waals surface area contributed by atoms with Crippen LogP contribution in [0, 0.1) is 11.8 Å². The minimum Gasteiger partial charge on any atom is -0.299 e. The van der Waals surface area contributed by atoms with E-state index < -0.39 is 0 Å². The molecule has 0 aliphatic heterocycles. The summed E-state index contributed by atoms with van der Waals surface area (Å²) in [5.41, 5.74) is 0. The van der Waals surface area contributed by atoms with Gasteiger partial charge in [-0.25, -0.2) is 0 Å². The first kappa shape index (κ1) is 5.72. The second-order valence-corrected chi connectivity index (χ2v) is 3.56. The fourth-order valence-corrected chi connectivity index (χ4v) is 2.49. The van der Waals surface area contributed by atoms with Gasteiger partial charge in [0.2, 0.25) is 0 Å². The van der Waals surface area contributed by atoms with Crippen LogP contribution in [0.4, 0.5) is 0 Å². The van der Waals surface area contributed by atoms with Crippen molar-refractivity contribution in [3.8, 4) is 0 Å². The Morgan fingerprint density at radius 3 is 2.44 bits per heavy atom. The van der Waals surface area contributed by atoms with E-state index in [2.05, 4.69) is 0 Å². The molecule has 0 heterocycles. The molecule has 0 saturated heterocycles. The van der Waals surface area contributed by atoms with Crippen LogP contribution in [0.5, 0.6) is 0 Å². The summed E-state index contributed by atoms with van der Waals surface area (Å²) in [4.78, 5) is 11.0. The van der Waals surface area contributed by atoms with Gasteiger partial charge in [-0.05, 0) is 18.8 Å². The Hall–Kier alpha value is -0.0400. The summed E-state index contributed by atoms with van der Waals surface area (Å²) in [6, 6.07) is 0. The average molecular weight is 145 g/mol. The third kappa shape index (κ3) is 0.644. The Bertz CT molecular complexity index is 155. The number of alkyl halides is 1. The topological polar surface area (TPSA) is 17.1 Å². The fraction of sp³-hybridized carbons (Fsp3) is 0.857. The summed E-state index contributed by atoms with van der Waals surface area (Å²) in [5, 5.41) is 0.192. The maximum atomic E-state index is 11.0. The van der Waals surface area contributed by atoms with E-state index in [1.54, 1.807) is 0 Å². The summed E-state index contributed by atoms with van der Waals surface area (Å²) in [6.07, 6.45) is 3.00. The minimum atomic E-state index is 0.192. The predicted molar refractivity (Wildman–Crippen MR) is 35.5 cm³/mol. The molecule has 0 aromatic carbocycles. The Kier molecular flexibility index (Phi) is 1.10. The number of hydrogen-bond donors (Lipinski definition) is 0. The molecule has 2 aliphatic carbocycles. The maximum absolute atomic E-state index is 11.0. The predicted octanol–water partition coefficient (Wildman–Crippen LogP) is 1.59. The average Bonchev–Trinajstić information content (AvgIpc) is 2.25. The molecule has 0 aromatic rings. The third-order valence-electron chi connectivity index (χ3n) is 2.56. The molecule has 2 rings (SSSR count). The lowest BCUT2D eigenvalue weighted by molar-refractivity contribution is -0.121. The Labute approximate surface area is 59.4 Å². The van der Waals surface area contributed by atoms with Crippen LogP contribution in [0.2, 0.25) is 0 Å². The fourth-order valence-electron chi connectivity index (χ4n) is 2.00. The molecule has 50 valence electrons. The molecule has 0 N–H and O–H groups in total. The SMILES string of the molecule is O=C1C[C@H]2CC[C@@H]1[C@H]2Cl. The summed E-state index contributed by atoms with van der Waals surface area (Å²) >= 11 is 5.95. The molecule has 9 heavy (non-hydrogen) atoms. The molecule has 0 amide bonds. The number of hydrogen-bond acceptors (Lipinski definition) is 1. The minimum absolute atomic E-state index is 0.192. The molecular formula is C7H9ClO. The number of carbonyl (C=O) groups excluding carboxylic acids is 1. The van der Waals surface area contributed by atoms with Crippen molar-refractivity contribution in [2.45, 2.75) is 24.6 Å². The van der Waals surface area contributed by atoms with Crippen molar-refractivity contribution >= 4 is 17.4 Å². The Balaban J connectivity index is 2.26. The van der Waals surface area contributed by atoms with Gasteiger partial charge in [-0.3, -0.25) is 4.79 Å². The van der Waals surface area contributed by atoms with Crippen LogP contribution < -0.4 is 0 Å². The highest BCUT2D eigenvalue weighted by molar-refractivity contribution is 6.23. The molecular weight excluding hydrogens is 136 g/mol. The molecule has 2 fully saturated rings. The lowest BCUT2D eigenvalue weighted by Crippen LogP contribution is -2.10. The largest absolute Gasteiger partial charge is 0.299 e. The number of rotatable bonds is 0. The van der Waals surface area contributed by atoms with E-state index >= 15 is 0 Å². The quantitative estimate of drug-likeness (QED) is 0.472. The monoisotopic (exact) mass is 144 g/mol.